The molecule has 3 N–H and O–H groups in total. The van der Waals surface area contributed by atoms with E-state index in [1.807, 2.05) is 12.1 Å². The van der Waals surface area contributed by atoms with Crippen molar-refractivity contribution in [1.82, 2.24) is 19.9 Å². The number of aromatic nitrogens is 1. The van der Waals surface area contributed by atoms with Gasteiger partial charge in [-0.2, -0.15) is 13.2 Å². The first-order chi connectivity index (χ1) is 26.5. The largest absolute Gasteiger partial charge is 0.472 e. The van der Waals surface area contributed by atoms with Crippen LogP contribution in [0.2, 0.25) is 0 Å². The summed E-state index contributed by atoms with van der Waals surface area (Å²) in [7, 11) is -4.06. The number of carbonyl (C=O) groups excluding carboxylic acids is 3. The number of likely N-dealkylation sites (tertiary alicyclic amines) is 1. The molecule has 5 atom stereocenters. The van der Waals surface area contributed by atoms with Crippen molar-refractivity contribution in [2.75, 3.05) is 11.9 Å². The molecule has 1 aliphatic heterocycles. The molecule has 0 radical (unpaired) electrons. The number of nitrogens with zero attached hydrogens (tertiary/aromatic N) is 2. The highest BCUT2D eigenvalue weighted by Crippen LogP contribution is 2.47. The lowest BCUT2D eigenvalue weighted by atomic mass is 10.0. The fourth-order valence-electron chi connectivity index (χ4n) is 7.15. The first-order valence-corrected chi connectivity index (χ1v) is 20.1. The van der Waals surface area contributed by atoms with Crippen LogP contribution in [0.15, 0.2) is 80.0 Å². The van der Waals surface area contributed by atoms with Crippen LogP contribution in [-0.4, -0.2) is 71.0 Å². The topological polar surface area (TPSA) is 147 Å². The number of anilines is 1. The molecule has 2 aliphatic carbocycles. The molecular weight excluding hydrogens is 755 g/mol. The molecule has 3 amide bonds. The smallest absolute Gasteiger partial charge is 0.416 e. The zero-order chi connectivity index (χ0) is 40.5. The average molecular weight is 800 g/mol. The van der Waals surface area contributed by atoms with Crippen LogP contribution in [0, 0.1) is 11.7 Å². The van der Waals surface area contributed by atoms with Crippen LogP contribution in [0.25, 0.3) is 10.8 Å². The molecule has 3 aliphatic rings. The van der Waals surface area contributed by atoms with Crippen molar-refractivity contribution < 1.29 is 45.1 Å². The Morgan fingerprint density at radius 1 is 1.09 bits per heavy atom. The van der Waals surface area contributed by atoms with Gasteiger partial charge in [0.25, 0.3) is 5.91 Å². The van der Waals surface area contributed by atoms with Gasteiger partial charge in [-0.05, 0) is 81.2 Å². The number of amides is 3. The summed E-state index contributed by atoms with van der Waals surface area (Å²) in [6, 6.07) is 8.60. The molecule has 0 unspecified atom stereocenters. The van der Waals surface area contributed by atoms with Gasteiger partial charge in [0.2, 0.25) is 27.7 Å². The van der Waals surface area contributed by atoms with Gasteiger partial charge < -0.3 is 20.3 Å². The number of nitrogens with one attached hydrogen (secondary N) is 3. The number of alkyl halides is 3. The zero-order valence-corrected chi connectivity index (χ0v) is 31.7. The Morgan fingerprint density at radius 2 is 1.84 bits per heavy atom. The zero-order valence-electron chi connectivity index (χ0n) is 30.9. The van der Waals surface area contributed by atoms with Crippen LogP contribution < -0.4 is 20.1 Å². The Kier molecular flexibility index (Phi) is 11.5. The fraction of sp³-hybridized carbons (Fsp3) is 0.450. The van der Waals surface area contributed by atoms with Crippen molar-refractivity contribution in [3.8, 4) is 5.88 Å². The third-order valence-corrected chi connectivity index (χ3v) is 13.1. The molecule has 3 fully saturated rings. The number of halogens is 4. The maximum atomic E-state index is 14.6. The molecule has 2 heterocycles. The summed E-state index contributed by atoms with van der Waals surface area (Å²) in [5.41, 5.74) is -3.17. The third-order valence-electron chi connectivity index (χ3n) is 10.9. The molecule has 11 nitrogen and oxygen atoms in total. The lowest BCUT2D eigenvalue weighted by Gasteiger charge is -2.30. The summed E-state index contributed by atoms with van der Waals surface area (Å²) >= 11 is 0. The summed E-state index contributed by atoms with van der Waals surface area (Å²) in [6.45, 7) is 8.83. The molecule has 300 valence electrons. The van der Waals surface area contributed by atoms with E-state index >= 15 is 0 Å². The monoisotopic (exact) mass is 799 g/mol. The van der Waals surface area contributed by atoms with Crippen molar-refractivity contribution in [3.05, 3.63) is 91.4 Å². The van der Waals surface area contributed by atoms with E-state index in [0.717, 1.165) is 17.9 Å². The highest BCUT2D eigenvalue weighted by Gasteiger charge is 2.63. The Bertz CT molecular complexity index is 2120. The SMILES string of the molecule is C=CCCCCC[C@H](Nc1cc(F)cc(C(F)(F)F)c1)C(=O)N1C[C@H](Oc2nccc3ccccc23)C[C@H]1C(=O)N[C@]1(C(=O)NS(=O)(=O)C2(C)CC2)C[C@H]1C=C. The summed E-state index contributed by atoms with van der Waals surface area (Å²) in [6.07, 6.45) is 2.53. The van der Waals surface area contributed by atoms with Gasteiger partial charge in [0.1, 0.15) is 29.5 Å². The van der Waals surface area contributed by atoms with Gasteiger partial charge in [-0.15, -0.1) is 13.2 Å². The van der Waals surface area contributed by atoms with E-state index in [1.165, 1.54) is 17.9 Å². The quantitative estimate of drug-likeness (QED) is 0.0807. The van der Waals surface area contributed by atoms with Crippen molar-refractivity contribution >= 4 is 44.2 Å². The van der Waals surface area contributed by atoms with Gasteiger partial charge in [-0.1, -0.05) is 43.2 Å². The summed E-state index contributed by atoms with van der Waals surface area (Å²) in [5, 5.41) is 7.05. The second-order valence-corrected chi connectivity index (χ2v) is 17.3. The van der Waals surface area contributed by atoms with Crippen LogP contribution in [0.1, 0.15) is 70.3 Å². The molecule has 3 aromatic rings. The normalized spacial score (nSPS) is 23.2. The van der Waals surface area contributed by atoms with Crippen molar-refractivity contribution in [3.63, 3.8) is 0 Å². The summed E-state index contributed by atoms with van der Waals surface area (Å²) in [5.74, 6) is -3.86. The molecule has 0 spiro atoms. The van der Waals surface area contributed by atoms with Gasteiger partial charge in [-0.3, -0.25) is 19.1 Å². The van der Waals surface area contributed by atoms with Crippen LogP contribution in [0.4, 0.5) is 23.2 Å². The third kappa shape index (κ3) is 8.69. The number of allylic oxidation sites excluding steroid dienone is 1. The number of benzene rings is 2. The Labute approximate surface area is 323 Å². The van der Waals surface area contributed by atoms with Gasteiger partial charge in [0.05, 0.1) is 16.9 Å². The fourth-order valence-corrected chi connectivity index (χ4v) is 8.46. The van der Waals surface area contributed by atoms with Crippen LogP contribution >= 0.6 is 0 Å². The average Bonchev–Trinajstić information content (AvgIpc) is 4.04. The molecule has 1 aromatic heterocycles. The van der Waals surface area contributed by atoms with Crippen molar-refractivity contribution in [2.45, 2.75) is 99.4 Å². The Balaban J connectivity index is 1.30. The molecule has 1 saturated heterocycles. The predicted molar refractivity (Wildman–Crippen MR) is 202 cm³/mol. The highest BCUT2D eigenvalue weighted by molar-refractivity contribution is 7.91. The van der Waals surface area contributed by atoms with Crippen LogP contribution in [0.3, 0.4) is 0 Å². The number of carbonyl (C=O) groups is 3. The van der Waals surface area contributed by atoms with Crippen LogP contribution in [-0.2, 0) is 30.6 Å². The number of rotatable bonds is 17. The van der Waals surface area contributed by atoms with Gasteiger partial charge >= 0.3 is 6.18 Å². The minimum Gasteiger partial charge on any atom is -0.472 e. The number of hydrogen-bond donors (Lipinski definition) is 3. The van der Waals surface area contributed by atoms with Gasteiger partial charge in [-0.25, -0.2) is 17.8 Å². The van der Waals surface area contributed by atoms with E-state index < -0.39 is 79.7 Å². The molecular formula is C40H45F4N5O6S. The van der Waals surface area contributed by atoms with Crippen LogP contribution in [0.5, 0.6) is 5.88 Å². The standard InChI is InChI=1S/C40H45F4N5O6S/c1-4-6-7-8-9-14-32(46-29-20-27(40(42,43)44)19-28(41)21-29)36(51)49-24-30(55-35-31-13-11-10-12-25(31)15-18-45-35)22-33(49)34(50)47-39(23-26(39)5-2)37(52)48-56(53,54)38(3)16-17-38/h4-5,10-13,15,18-21,26,30,32-33,46H,1-2,6-9,14,16-17,22-24H2,3H3,(H,47,50)(H,48,52)/t26-,30-,32+,33+,39-/m1/s1. The number of fused-ring (bicyclic) bond motifs is 1. The number of ether oxygens (including phenoxy) is 1. The second-order valence-electron chi connectivity index (χ2n) is 15.1. The molecule has 2 aromatic carbocycles. The molecule has 56 heavy (non-hydrogen) atoms. The van der Waals surface area contributed by atoms with E-state index in [1.54, 1.807) is 30.5 Å². The predicted octanol–water partition coefficient (Wildman–Crippen LogP) is 6.42. The first-order valence-electron chi connectivity index (χ1n) is 18.6. The molecule has 6 rings (SSSR count). The number of unbranched alkanes of at least 4 members (excludes halogenated alkanes) is 3. The van der Waals surface area contributed by atoms with E-state index in [9.17, 15) is 40.4 Å². The Hall–Kier alpha value is -4.99. The second kappa shape index (κ2) is 15.9. The number of hydrogen-bond acceptors (Lipinski definition) is 8. The molecule has 0 bridgehead atoms. The van der Waals surface area contributed by atoms with E-state index in [4.69, 9.17) is 4.74 Å². The number of sulfonamides is 1. The summed E-state index contributed by atoms with van der Waals surface area (Å²) < 4.78 is 88.9. The Morgan fingerprint density at radius 3 is 2.52 bits per heavy atom. The lowest BCUT2D eigenvalue weighted by molar-refractivity contribution is -0.140. The van der Waals surface area contributed by atoms with E-state index in [-0.39, 0.29) is 37.4 Å². The first kappa shape index (κ1) is 40.7. The number of pyridine rings is 1. The minimum atomic E-state index is -4.86. The lowest BCUT2D eigenvalue weighted by Crippen LogP contribution is -2.58. The van der Waals surface area contributed by atoms with Gasteiger partial charge in [0, 0.05) is 29.6 Å². The van der Waals surface area contributed by atoms with Crippen molar-refractivity contribution in [1.29, 1.82) is 0 Å². The molecule has 16 heteroatoms. The summed E-state index contributed by atoms with van der Waals surface area (Å²) in [4.78, 5) is 48.2. The highest BCUT2D eigenvalue weighted by atomic mass is 32.2. The molecule has 2 saturated carbocycles. The van der Waals surface area contributed by atoms with Gasteiger partial charge in [0.15, 0.2) is 0 Å². The minimum absolute atomic E-state index is 0.0663. The van der Waals surface area contributed by atoms with Crippen molar-refractivity contribution in [2.24, 2.45) is 5.92 Å². The maximum absolute atomic E-state index is 14.6. The van der Waals surface area contributed by atoms with E-state index in [2.05, 4.69) is 33.5 Å². The van der Waals surface area contributed by atoms with E-state index in [0.29, 0.717) is 49.6 Å². The maximum Gasteiger partial charge on any atom is 0.416 e.